The van der Waals surface area contributed by atoms with Crippen molar-refractivity contribution in [2.75, 3.05) is 32.6 Å². The Morgan fingerprint density at radius 3 is 1.74 bits per heavy atom. The molecule has 0 radical (unpaired) electrons. The molecule has 2 saturated heterocycles. The van der Waals surface area contributed by atoms with E-state index in [4.69, 9.17) is 18.1 Å². The molecule has 2 fully saturated rings. The van der Waals surface area contributed by atoms with Gasteiger partial charge in [-0.25, -0.2) is 0 Å². The molecule has 2 aliphatic rings. The van der Waals surface area contributed by atoms with Gasteiger partial charge in [0.05, 0.1) is 0 Å². The molecule has 0 bridgehead atoms. The van der Waals surface area contributed by atoms with Gasteiger partial charge in [0.1, 0.15) is 0 Å². The molecule has 2 unspecified atom stereocenters. The summed E-state index contributed by atoms with van der Waals surface area (Å²) >= 11 is 0. The molecule has 1 spiro atoms. The molecule has 0 N–H and O–H groups in total. The minimum atomic E-state index is -3.34. The van der Waals surface area contributed by atoms with Gasteiger partial charge in [0, 0.05) is 0 Å². The van der Waals surface area contributed by atoms with E-state index < -0.39 is 7.51 Å². The van der Waals surface area contributed by atoms with Crippen molar-refractivity contribution in [3.05, 3.63) is 0 Å². The van der Waals surface area contributed by atoms with Crippen LogP contribution in [0.2, 0.25) is 0 Å². The second-order valence-corrected chi connectivity index (χ2v) is 8.79. The number of hydrogen-bond acceptors (Lipinski definition) is 5. The molecular formula is C13H28NO4P. The van der Waals surface area contributed by atoms with Crippen LogP contribution in [0, 0.1) is 0 Å². The van der Waals surface area contributed by atoms with Gasteiger partial charge in [-0.3, -0.25) is 0 Å². The van der Waals surface area contributed by atoms with Gasteiger partial charge < -0.3 is 0 Å². The molecule has 2 heterocycles. The van der Waals surface area contributed by atoms with Gasteiger partial charge in [0.15, 0.2) is 0 Å². The maximum absolute atomic E-state index is 6.11. The summed E-state index contributed by atoms with van der Waals surface area (Å²) in [4.78, 5) is 2.36. The van der Waals surface area contributed by atoms with E-state index in [1.165, 1.54) is 0 Å². The molecule has 0 aromatic carbocycles. The van der Waals surface area contributed by atoms with Crippen molar-refractivity contribution < 1.29 is 18.1 Å². The summed E-state index contributed by atoms with van der Waals surface area (Å²) in [6, 6.07) is 0. The predicted molar refractivity (Wildman–Crippen MR) is 76.9 cm³/mol. The third-order valence-corrected chi connectivity index (χ3v) is 7.09. The summed E-state index contributed by atoms with van der Waals surface area (Å²) in [6.45, 7) is 11.6. The topological polar surface area (TPSA) is 40.2 Å². The van der Waals surface area contributed by atoms with E-state index in [0.717, 1.165) is 25.9 Å². The predicted octanol–water partition coefficient (Wildman–Crippen LogP) is 3.15. The Hall–Kier alpha value is 0.230. The van der Waals surface area contributed by atoms with Gasteiger partial charge >= 0.3 is 116 Å². The molecule has 0 saturated carbocycles. The summed E-state index contributed by atoms with van der Waals surface area (Å²) in [7, 11) is -3.34. The maximum atomic E-state index is 6.11. The van der Waals surface area contributed by atoms with Crippen LogP contribution in [0.3, 0.4) is 0 Å². The SMILES string of the molecule is CCCN(CCC)CP12(OCC(C)O1)OCC(C)O2. The van der Waals surface area contributed by atoms with E-state index in [2.05, 4.69) is 18.7 Å². The summed E-state index contributed by atoms with van der Waals surface area (Å²) in [5.74, 6) is 0. The molecule has 0 aromatic heterocycles. The van der Waals surface area contributed by atoms with Crippen LogP contribution in [0.4, 0.5) is 0 Å². The molecule has 5 nitrogen and oxygen atoms in total. The third kappa shape index (κ3) is 3.29. The van der Waals surface area contributed by atoms with Gasteiger partial charge in [-0.1, -0.05) is 0 Å². The van der Waals surface area contributed by atoms with E-state index in [1.54, 1.807) is 0 Å². The average Bonchev–Trinajstić information content (AvgIpc) is 2.83. The molecule has 0 aromatic rings. The number of hydrogen-bond donors (Lipinski definition) is 0. The van der Waals surface area contributed by atoms with Crippen molar-refractivity contribution >= 4 is 7.51 Å². The first-order chi connectivity index (χ1) is 9.01. The van der Waals surface area contributed by atoms with E-state index in [9.17, 15) is 0 Å². The zero-order valence-corrected chi connectivity index (χ0v) is 13.5. The summed E-state index contributed by atoms with van der Waals surface area (Å²) in [6.07, 6.45) is 2.96. The Bertz CT molecular complexity index is 289. The van der Waals surface area contributed by atoms with Crippen LogP contribution in [0.15, 0.2) is 0 Å². The molecule has 19 heavy (non-hydrogen) atoms. The molecule has 0 amide bonds. The monoisotopic (exact) mass is 293 g/mol. The van der Waals surface area contributed by atoms with Crippen LogP contribution in [0.25, 0.3) is 0 Å². The third-order valence-electron chi connectivity index (χ3n) is 3.40. The van der Waals surface area contributed by atoms with Crippen LogP contribution in [-0.4, -0.2) is 49.7 Å². The Kier molecular flexibility index (Phi) is 4.87. The summed E-state index contributed by atoms with van der Waals surface area (Å²) in [5, 5.41) is 0. The average molecular weight is 293 g/mol. The van der Waals surface area contributed by atoms with Crippen molar-refractivity contribution in [3.8, 4) is 0 Å². The quantitative estimate of drug-likeness (QED) is 0.704. The van der Waals surface area contributed by atoms with Crippen LogP contribution < -0.4 is 0 Å². The summed E-state index contributed by atoms with van der Waals surface area (Å²) < 4.78 is 24.3. The fourth-order valence-corrected chi connectivity index (χ4v) is 6.91. The van der Waals surface area contributed by atoms with E-state index in [-0.39, 0.29) is 12.2 Å². The molecule has 2 rings (SSSR count). The van der Waals surface area contributed by atoms with Crippen LogP contribution in [0.1, 0.15) is 40.5 Å². The second kappa shape index (κ2) is 5.92. The second-order valence-electron chi connectivity index (χ2n) is 5.65. The number of rotatable bonds is 6. The zero-order chi connectivity index (χ0) is 14.0. The molecule has 2 atom stereocenters. The van der Waals surface area contributed by atoms with Crippen molar-refractivity contribution in [1.82, 2.24) is 4.90 Å². The molecule has 0 aliphatic carbocycles. The van der Waals surface area contributed by atoms with Crippen molar-refractivity contribution in [3.63, 3.8) is 0 Å². The first kappa shape index (κ1) is 15.6. The normalized spacial score (nSPS) is 34.7. The molecule has 2 aliphatic heterocycles. The minimum absolute atomic E-state index is 0.0491. The Morgan fingerprint density at radius 1 is 0.947 bits per heavy atom. The fraction of sp³-hybridized carbons (Fsp3) is 1.00. The Labute approximate surface area is 116 Å². The van der Waals surface area contributed by atoms with E-state index in [1.807, 2.05) is 13.8 Å². The standard InChI is InChI=1S/C13H28NO4P/c1-5-7-14(8-6-2)11-19(15-9-12(3)17-19)16-10-13(4)18-19/h12-13H,5-11H2,1-4H3. The van der Waals surface area contributed by atoms with Gasteiger partial charge in [-0.2, -0.15) is 0 Å². The van der Waals surface area contributed by atoms with Gasteiger partial charge in [0.25, 0.3) is 0 Å². The number of nitrogens with zero attached hydrogens (tertiary/aromatic N) is 1. The van der Waals surface area contributed by atoms with Gasteiger partial charge in [-0.15, -0.1) is 0 Å². The first-order valence-electron chi connectivity index (χ1n) is 7.43. The molecule has 6 heteroatoms. The van der Waals surface area contributed by atoms with Crippen molar-refractivity contribution in [2.45, 2.75) is 52.7 Å². The van der Waals surface area contributed by atoms with Crippen LogP contribution in [-0.2, 0) is 18.1 Å². The zero-order valence-electron chi connectivity index (χ0n) is 12.6. The van der Waals surface area contributed by atoms with Crippen LogP contribution >= 0.6 is 7.51 Å². The van der Waals surface area contributed by atoms with Crippen molar-refractivity contribution in [1.29, 1.82) is 0 Å². The summed E-state index contributed by atoms with van der Waals surface area (Å²) in [5.41, 5.74) is 0. The molecular weight excluding hydrogens is 265 g/mol. The Balaban J connectivity index is 2.14. The first-order valence-corrected chi connectivity index (χ1v) is 9.52. The fourth-order valence-electron chi connectivity index (χ4n) is 2.80. The van der Waals surface area contributed by atoms with E-state index in [0.29, 0.717) is 19.5 Å². The van der Waals surface area contributed by atoms with Crippen LogP contribution in [0.5, 0.6) is 0 Å². The van der Waals surface area contributed by atoms with Gasteiger partial charge in [0.2, 0.25) is 0 Å². The Morgan fingerprint density at radius 2 is 1.42 bits per heavy atom. The van der Waals surface area contributed by atoms with Gasteiger partial charge in [-0.05, 0) is 0 Å². The van der Waals surface area contributed by atoms with E-state index >= 15 is 0 Å². The van der Waals surface area contributed by atoms with Crippen molar-refractivity contribution in [2.24, 2.45) is 0 Å². The molecule has 114 valence electrons.